The van der Waals surface area contributed by atoms with Crippen molar-refractivity contribution < 1.29 is 9.84 Å². The Kier molecular flexibility index (Phi) is 5.40. The summed E-state index contributed by atoms with van der Waals surface area (Å²) in [5.74, 6) is 0.677. The van der Waals surface area contributed by atoms with Crippen LogP contribution in [0.2, 0.25) is 0 Å². The second kappa shape index (κ2) is 7.92. The zero-order chi connectivity index (χ0) is 20.3. The quantitative estimate of drug-likeness (QED) is 0.592. The molecule has 0 radical (unpaired) electrons. The number of hydrogen-bond donors (Lipinski definition) is 3. The first-order valence-corrected chi connectivity index (χ1v) is 8.80. The topological polar surface area (TPSA) is 103 Å². The van der Waals surface area contributed by atoms with E-state index in [2.05, 4.69) is 0 Å². The monoisotopic (exact) mass is 377 g/mol. The summed E-state index contributed by atoms with van der Waals surface area (Å²) in [5, 5.41) is 9.76. The molecule has 2 aromatic carbocycles. The third kappa shape index (κ3) is 3.86. The average molecular weight is 377 g/mol. The number of aromatic hydroxyl groups is 1. The Morgan fingerprint density at radius 1 is 1.18 bits per heavy atom. The number of pyridine rings is 1. The van der Waals surface area contributed by atoms with Crippen molar-refractivity contribution in [2.24, 2.45) is 0 Å². The lowest BCUT2D eigenvalue weighted by atomic mass is 10.0. The summed E-state index contributed by atoms with van der Waals surface area (Å²) in [4.78, 5) is 11.6. The van der Waals surface area contributed by atoms with Crippen LogP contribution >= 0.6 is 0 Å². The highest BCUT2D eigenvalue weighted by Gasteiger charge is 2.09. The molecule has 0 spiro atoms. The Balaban J connectivity index is 1.90. The molecular weight excluding hydrogens is 354 g/mol. The molecule has 0 amide bonds. The Hall–Kier alpha value is -3.67. The normalized spacial score (nSPS) is 11.1. The van der Waals surface area contributed by atoms with Gasteiger partial charge in [0.1, 0.15) is 11.6 Å². The van der Waals surface area contributed by atoms with Crippen LogP contribution in [-0.2, 0) is 6.42 Å². The second-order valence-corrected chi connectivity index (χ2v) is 6.48. The van der Waals surface area contributed by atoms with Gasteiger partial charge in [-0.15, -0.1) is 0 Å². The molecule has 0 aliphatic carbocycles. The first-order chi connectivity index (χ1) is 13.4. The minimum atomic E-state index is -0.499. The van der Waals surface area contributed by atoms with Crippen molar-refractivity contribution in [3.63, 3.8) is 0 Å². The molecule has 144 valence electrons. The number of allylic oxidation sites excluding steroid dienone is 1. The number of methoxy groups -OCH3 is 1. The summed E-state index contributed by atoms with van der Waals surface area (Å²) in [6, 6.07) is 12.6. The van der Waals surface area contributed by atoms with E-state index in [-0.39, 0.29) is 11.6 Å². The fraction of sp³-hybridized carbons (Fsp3) is 0.136. The van der Waals surface area contributed by atoms with Gasteiger partial charge < -0.3 is 21.3 Å². The highest BCUT2D eigenvalue weighted by atomic mass is 16.5. The third-order valence-electron chi connectivity index (χ3n) is 4.67. The molecule has 0 aliphatic rings. The Labute approximate surface area is 163 Å². The van der Waals surface area contributed by atoms with Crippen LogP contribution in [0.25, 0.3) is 11.8 Å². The highest BCUT2D eigenvalue weighted by molar-refractivity contribution is 5.66. The van der Waals surface area contributed by atoms with E-state index in [4.69, 9.17) is 16.2 Å². The highest BCUT2D eigenvalue weighted by Crippen LogP contribution is 2.24. The molecule has 5 N–H and O–H groups in total. The van der Waals surface area contributed by atoms with E-state index in [0.717, 1.165) is 28.1 Å². The van der Waals surface area contributed by atoms with Gasteiger partial charge in [0.15, 0.2) is 5.75 Å². The van der Waals surface area contributed by atoms with Crippen molar-refractivity contribution in [2.75, 3.05) is 18.6 Å². The molecule has 3 rings (SSSR count). The SMILES string of the molecule is COc1ccc(N)c(/C=C\Cc2cccc(-n3cc(O)c(=O)cc3N)c2C)c1. The predicted octanol–water partition coefficient (Wildman–Crippen LogP) is 3.28. The molecule has 0 bridgehead atoms. The first-order valence-electron chi connectivity index (χ1n) is 8.80. The Morgan fingerprint density at radius 3 is 2.71 bits per heavy atom. The Bertz CT molecular complexity index is 1100. The smallest absolute Gasteiger partial charge is 0.225 e. The van der Waals surface area contributed by atoms with Crippen LogP contribution in [0.15, 0.2) is 59.5 Å². The van der Waals surface area contributed by atoms with Crippen molar-refractivity contribution >= 4 is 17.6 Å². The lowest BCUT2D eigenvalue weighted by Gasteiger charge is -2.15. The molecule has 0 unspecified atom stereocenters. The maximum atomic E-state index is 11.6. The van der Waals surface area contributed by atoms with Crippen molar-refractivity contribution in [3.8, 4) is 17.2 Å². The van der Waals surface area contributed by atoms with Crippen LogP contribution in [0.4, 0.5) is 11.5 Å². The van der Waals surface area contributed by atoms with E-state index in [9.17, 15) is 9.90 Å². The van der Waals surface area contributed by atoms with Crippen LogP contribution in [0.3, 0.4) is 0 Å². The molecule has 0 saturated heterocycles. The number of benzene rings is 2. The van der Waals surface area contributed by atoms with Crippen LogP contribution in [0.5, 0.6) is 11.5 Å². The first kappa shape index (κ1) is 19.1. The number of nitrogen functional groups attached to an aromatic ring is 2. The summed E-state index contributed by atoms with van der Waals surface area (Å²) in [5.41, 5.74) is 16.0. The van der Waals surface area contributed by atoms with Gasteiger partial charge in [0, 0.05) is 17.3 Å². The van der Waals surface area contributed by atoms with Gasteiger partial charge in [0.05, 0.1) is 19.0 Å². The van der Waals surface area contributed by atoms with Gasteiger partial charge in [0.25, 0.3) is 0 Å². The molecule has 0 fully saturated rings. The van der Waals surface area contributed by atoms with E-state index in [0.29, 0.717) is 12.1 Å². The molecule has 0 atom stereocenters. The number of nitrogens with two attached hydrogens (primary N) is 2. The number of nitrogens with zero attached hydrogens (tertiary/aromatic N) is 1. The van der Waals surface area contributed by atoms with Crippen LogP contribution in [0, 0.1) is 6.92 Å². The van der Waals surface area contributed by atoms with Crippen molar-refractivity contribution in [1.29, 1.82) is 0 Å². The second-order valence-electron chi connectivity index (χ2n) is 6.48. The van der Waals surface area contributed by atoms with E-state index in [1.54, 1.807) is 11.7 Å². The van der Waals surface area contributed by atoms with E-state index in [1.165, 1.54) is 12.3 Å². The zero-order valence-electron chi connectivity index (χ0n) is 15.8. The summed E-state index contributed by atoms with van der Waals surface area (Å²) < 4.78 is 6.85. The maximum absolute atomic E-state index is 11.6. The minimum absolute atomic E-state index is 0.266. The van der Waals surface area contributed by atoms with Gasteiger partial charge in [-0.2, -0.15) is 0 Å². The number of aromatic nitrogens is 1. The molecule has 3 aromatic rings. The lowest BCUT2D eigenvalue weighted by molar-refractivity contribution is 0.415. The number of ether oxygens (including phenoxy) is 1. The Morgan fingerprint density at radius 2 is 1.96 bits per heavy atom. The van der Waals surface area contributed by atoms with Gasteiger partial charge in [0.2, 0.25) is 5.43 Å². The minimum Gasteiger partial charge on any atom is -0.503 e. The number of rotatable bonds is 5. The largest absolute Gasteiger partial charge is 0.503 e. The summed E-state index contributed by atoms with van der Waals surface area (Å²) in [6.45, 7) is 1.98. The summed E-state index contributed by atoms with van der Waals surface area (Å²) in [6.07, 6.45) is 6.02. The molecular formula is C22H23N3O3. The fourth-order valence-corrected chi connectivity index (χ4v) is 3.04. The van der Waals surface area contributed by atoms with Crippen molar-refractivity contribution in [2.45, 2.75) is 13.3 Å². The number of hydrogen-bond acceptors (Lipinski definition) is 5. The molecule has 6 nitrogen and oxygen atoms in total. The van der Waals surface area contributed by atoms with Crippen LogP contribution in [-0.4, -0.2) is 16.8 Å². The van der Waals surface area contributed by atoms with Crippen LogP contribution in [0.1, 0.15) is 16.7 Å². The van der Waals surface area contributed by atoms with Crippen LogP contribution < -0.4 is 21.6 Å². The predicted molar refractivity (Wildman–Crippen MR) is 113 cm³/mol. The lowest BCUT2D eigenvalue weighted by Crippen LogP contribution is -2.11. The fourth-order valence-electron chi connectivity index (χ4n) is 3.04. The standard InChI is InChI=1S/C22H23N3O3/c1-14-15(5-3-7-16-11-17(28-2)9-10-18(16)23)6-4-8-19(14)25-13-21(27)20(26)12-22(25)24/h3-4,6-13,27H,5,23-24H2,1-2H3/b7-3-. The molecule has 1 aromatic heterocycles. The van der Waals surface area contributed by atoms with Gasteiger partial charge in [-0.05, 0) is 48.7 Å². The van der Waals surface area contributed by atoms with Gasteiger partial charge >= 0.3 is 0 Å². The summed E-state index contributed by atoms with van der Waals surface area (Å²) in [7, 11) is 1.62. The zero-order valence-corrected chi connectivity index (χ0v) is 15.8. The number of anilines is 2. The molecule has 0 aliphatic heterocycles. The van der Waals surface area contributed by atoms with Crippen molar-refractivity contribution in [3.05, 3.63) is 81.7 Å². The summed E-state index contributed by atoms with van der Waals surface area (Å²) >= 11 is 0. The maximum Gasteiger partial charge on any atom is 0.225 e. The average Bonchev–Trinajstić information content (AvgIpc) is 2.68. The molecule has 0 saturated carbocycles. The third-order valence-corrected chi connectivity index (χ3v) is 4.67. The molecule has 1 heterocycles. The van der Waals surface area contributed by atoms with E-state index in [1.807, 2.05) is 55.5 Å². The van der Waals surface area contributed by atoms with Gasteiger partial charge in [-0.1, -0.05) is 24.3 Å². The molecule has 6 heteroatoms. The van der Waals surface area contributed by atoms with Crippen molar-refractivity contribution in [1.82, 2.24) is 4.57 Å². The van der Waals surface area contributed by atoms with E-state index < -0.39 is 5.43 Å². The van der Waals surface area contributed by atoms with E-state index >= 15 is 0 Å². The van der Waals surface area contributed by atoms with Gasteiger partial charge in [-0.25, -0.2) is 0 Å². The van der Waals surface area contributed by atoms with Gasteiger partial charge in [-0.3, -0.25) is 9.36 Å². The molecule has 28 heavy (non-hydrogen) atoms.